The van der Waals surface area contributed by atoms with E-state index in [4.69, 9.17) is 9.72 Å². The summed E-state index contributed by atoms with van der Waals surface area (Å²) in [5.74, 6) is 0.308. The van der Waals surface area contributed by atoms with E-state index in [9.17, 15) is 37.4 Å². The van der Waals surface area contributed by atoms with Crippen molar-refractivity contribution in [3.63, 3.8) is 0 Å². The van der Waals surface area contributed by atoms with Crippen LogP contribution in [0, 0.1) is 0 Å². The Morgan fingerprint density at radius 3 is 1.32 bits per heavy atom. The van der Waals surface area contributed by atoms with Gasteiger partial charge in [-0.2, -0.15) is 13.7 Å². The van der Waals surface area contributed by atoms with Gasteiger partial charge in [0.2, 0.25) is 17.1 Å². The lowest BCUT2D eigenvalue weighted by atomic mass is 9.96. The van der Waals surface area contributed by atoms with Gasteiger partial charge in [-0.1, -0.05) is 18.2 Å². The standard InChI is InChI=1S/C73H60F3N8O7P/c74-73(75,76)91-69-15-11-66(12-16-69)83-42-28-60(29-43-83)57-22-36-79(37-23-57)50-61-48-63(52-81-38-24-58(25-39-81)59-26-40-82(41-27-59)65-9-13-68(14-10-65)90-67-6-2-1-3-7-67)64(53-84-31-5-4-8-71(84)70-46-54(17-30-77-70)47-72(85)86)49-62(61)51-80-34-20-56(21-35-80)55-18-32-78(33-19-55)44-45-92(87,88)89/h1-43,46,48-49H,44-45,47,50-53H2/q+4/p+3. The second-order valence-electron chi connectivity index (χ2n) is 22.2. The second-order valence-corrected chi connectivity index (χ2v) is 23.9. The van der Waals surface area contributed by atoms with E-state index in [-0.39, 0.29) is 24.9 Å². The highest BCUT2D eigenvalue weighted by molar-refractivity contribution is 7.51. The zero-order chi connectivity index (χ0) is 63.6. The molecule has 0 amide bonds. The molecule has 3 N–H and O–H groups in total. The summed E-state index contributed by atoms with van der Waals surface area (Å²) in [6, 6.07) is 61.9. The number of hydrogen-bond acceptors (Lipinski definition) is 5. The van der Waals surface area contributed by atoms with Gasteiger partial charge in [-0.15, -0.1) is 13.2 Å². The van der Waals surface area contributed by atoms with Gasteiger partial charge in [0.25, 0.3) is 0 Å². The van der Waals surface area contributed by atoms with E-state index in [2.05, 4.69) is 125 Å². The molecule has 0 saturated carbocycles. The lowest BCUT2D eigenvalue weighted by molar-refractivity contribution is -0.694. The maximum Gasteiger partial charge on any atom is 0.573 e. The topological polar surface area (TPSA) is 153 Å². The number of pyridine rings is 8. The molecule has 0 aliphatic carbocycles. The fourth-order valence-corrected chi connectivity index (χ4v) is 11.4. The number of halogens is 3. The third kappa shape index (κ3) is 16.1. The van der Waals surface area contributed by atoms with Gasteiger partial charge in [0.15, 0.2) is 113 Å². The van der Waals surface area contributed by atoms with Crippen LogP contribution in [0.15, 0.2) is 281 Å². The highest BCUT2D eigenvalue weighted by Crippen LogP contribution is 2.33. The first-order valence-electron chi connectivity index (χ1n) is 29.6. The molecule has 4 aromatic carbocycles. The molecule has 92 heavy (non-hydrogen) atoms. The summed E-state index contributed by atoms with van der Waals surface area (Å²) in [4.78, 5) is 35.4. The molecule has 12 aromatic rings. The predicted octanol–water partition coefficient (Wildman–Crippen LogP) is 10.4. The van der Waals surface area contributed by atoms with Crippen molar-refractivity contribution in [3.05, 3.63) is 309 Å². The Hall–Kier alpha value is -10.9. The Labute approximate surface area is 528 Å². The van der Waals surface area contributed by atoms with Crippen LogP contribution < -0.4 is 41.4 Å². The smallest absolute Gasteiger partial charge is 0.481 e. The molecule has 0 saturated heterocycles. The van der Waals surface area contributed by atoms with Gasteiger partial charge >= 0.3 is 19.9 Å². The fourth-order valence-electron chi connectivity index (χ4n) is 10.9. The highest BCUT2D eigenvalue weighted by Gasteiger charge is 2.31. The van der Waals surface area contributed by atoms with Crippen LogP contribution in [0.1, 0.15) is 27.8 Å². The number of aliphatic carboxylic acids is 1. The summed E-state index contributed by atoms with van der Waals surface area (Å²) < 4.78 is 74.4. The first-order chi connectivity index (χ1) is 44.5. The number of alkyl halides is 3. The zero-order valence-electron chi connectivity index (χ0n) is 49.6. The van der Waals surface area contributed by atoms with E-state index < -0.39 is 19.9 Å². The van der Waals surface area contributed by atoms with Crippen LogP contribution in [-0.4, -0.2) is 38.4 Å². The van der Waals surface area contributed by atoms with E-state index in [1.807, 2.05) is 151 Å². The number of aryl methyl sites for hydroxylation is 1. The molecule has 12 rings (SSSR count). The average molecular weight is 1250 g/mol. The molecule has 0 radical (unpaired) electrons. The summed E-state index contributed by atoms with van der Waals surface area (Å²) in [5.41, 5.74) is 14.0. The Balaban J connectivity index is 0.866. The largest absolute Gasteiger partial charge is 0.573 e. The lowest BCUT2D eigenvalue weighted by Crippen LogP contribution is -2.40. The third-order valence-electron chi connectivity index (χ3n) is 15.7. The quantitative estimate of drug-likeness (QED) is 0.0448. The van der Waals surface area contributed by atoms with E-state index in [0.29, 0.717) is 43.1 Å². The third-order valence-corrected chi connectivity index (χ3v) is 16.4. The number of carboxylic acid groups (broad SMARTS) is 1. The zero-order valence-corrected chi connectivity index (χ0v) is 50.5. The number of nitrogens with zero attached hydrogens (tertiary/aromatic N) is 8. The van der Waals surface area contributed by atoms with E-state index in [1.54, 1.807) is 29.0 Å². The van der Waals surface area contributed by atoms with Gasteiger partial charge in [-0.3, -0.25) is 9.36 Å². The predicted molar refractivity (Wildman–Crippen MR) is 334 cm³/mol. The van der Waals surface area contributed by atoms with E-state index >= 15 is 0 Å². The van der Waals surface area contributed by atoms with Gasteiger partial charge < -0.3 is 24.4 Å². The average Bonchev–Trinajstić information content (AvgIpc) is 0.854. The van der Waals surface area contributed by atoms with Crippen LogP contribution in [0.25, 0.3) is 56.1 Å². The number of para-hydroxylation sites is 1. The normalized spacial score (nSPS) is 11.5. The van der Waals surface area contributed by atoms with Gasteiger partial charge in [-0.05, 0) is 106 Å². The molecule has 8 aromatic heterocycles. The molecule has 0 aliphatic rings. The van der Waals surface area contributed by atoms with Gasteiger partial charge in [-0.25, -0.2) is 23.3 Å². The van der Waals surface area contributed by atoms with Crippen molar-refractivity contribution in [1.82, 2.24) is 4.98 Å². The van der Waals surface area contributed by atoms with Crippen molar-refractivity contribution in [2.24, 2.45) is 0 Å². The Kier molecular flexibility index (Phi) is 18.3. The number of benzene rings is 4. The molecule has 0 aliphatic heterocycles. The monoisotopic (exact) mass is 1250 g/mol. The summed E-state index contributed by atoms with van der Waals surface area (Å²) in [7, 11) is -4.15. The molecule has 19 heteroatoms. The minimum atomic E-state index is -4.78. The van der Waals surface area contributed by atoms with Gasteiger partial charge in [0.05, 0.1) is 6.42 Å². The number of aromatic nitrogens is 8. The van der Waals surface area contributed by atoms with Crippen LogP contribution in [0.3, 0.4) is 0 Å². The first-order valence-corrected chi connectivity index (χ1v) is 31.4. The summed E-state index contributed by atoms with van der Waals surface area (Å²) in [6.45, 7) is 2.21. The van der Waals surface area contributed by atoms with Crippen molar-refractivity contribution in [2.45, 2.75) is 45.5 Å². The summed E-state index contributed by atoms with van der Waals surface area (Å²) >= 11 is 0. The first kappa shape index (κ1) is 61.3. The van der Waals surface area contributed by atoms with Crippen LogP contribution in [0.2, 0.25) is 0 Å². The van der Waals surface area contributed by atoms with E-state index in [1.165, 1.54) is 12.1 Å². The minimum Gasteiger partial charge on any atom is -0.481 e. The molecule has 8 heterocycles. The van der Waals surface area contributed by atoms with Crippen LogP contribution in [0.4, 0.5) is 13.2 Å². The van der Waals surface area contributed by atoms with Crippen LogP contribution in [0.5, 0.6) is 17.2 Å². The van der Waals surface area contributed by atoms with Crippen molar-refractivity contribution in [1.29, 1.82) is 0 Å². The molecule has 15 nitrogen and oxygen atoms in total. The molecule has 0 unspecified atom stereocenters. The maximum absolute atomic E-state index is 12.8. The molecule has 0 bridgehead atoms. The molecule has 456 valence electrons. The SMILES string of the molecule is O=C(O)Cc1ccnc(-c2cccc[n+]2Cc2cc(C[n+]3ccc(-c4cc[n+](CCP(=O)(O)O)cc4)cc3)c(C[n+]3ccc(-c4cc[n+](-c5ccc(OC(F)(F)F)cc5)cc4)cc3)cc2C[n+]2ccc(-c3cc[n+](-c4ccc(Oc5ccccc5)cc4)cc3)cc2)c1. The van der Waals surface area contributed by atoms with Crippen LogP contribution >= 0.6 is 7.60 Å². The Morgan fingerprint density at radius 2 is 0.870 bits per heavy atom. The molecular weight excluding hydrogens is 1190 g/mol. The van der Waals surface area contributed by atoms with Crippen molar-refractivity contribution in [3.8, 4) is 73.4 Å². The van der Waals surface area contributed by atoms with Crippen molar-refractivity contribution < 1.29 is 78.9 Å². The van der Waals surface area contributed by atoms with Crippen LogP contribution in [-0.2, 0) is 48.5 Å². The molecule has 0 fully saturated rings. The second kappa shape index (κ2) is 27.5. The van der Waals surface area contributed by atoms with Gasteiger partial charge in [0, 0.05) is 138 Å². The number of ether oxygens (including phenoxy) is 2. The van der Waals surface area contributed by atoms with Gasteiger partial charge in [0.1, 0.15) is 29.1 Å². The Bertz CT molecular complexity index is 4570. The molecule has 0 atom stereocenters. The molecule has 0 spiro atoms. The molecular formula is C73H63F3N8O7P+7. The minimum absolute atomic E-state index is 0.135. The summed E-state index contributed by atoms with van der Waals surface area (Å²) in [6.07, 6.45) is 22.4. The maximum atomic E-state index is 12.8. The number of carbonyl (C=O) groups is 1. The lowest BCUT2D eigenvalue weighted by Gasteiger charge is -2.13. The number of hydrogen-bond donors (Lipinski definition) is 3. The van der Waals surface area contributed by atoms with Crippen molar-refractivity contribution >= 4 is 13.6 Å². The fraction of sp³-hybridized carbons (Fsp3) is 0.110. The highest BCUT2D eigenvalue weighted by atomic mass is 31.2. The Morgan fingerprint density at radius 1 is 0.457 bits per heavy atom. The van der Waals surface area contributed by atoms with E-state index in [0.717, 1.165) is 78.5 Å². The number of rotatable bonds is 22. The van der Waals surface area contributed by atoms with Crippen molar-refractivity contribution in [2.75, 3.05) is 6.16 Å². The summed E-state index contributed by atoms with van der Waals surface area (Å²) in [5, 5.41) is 9.70. The number of carboxylic acids is 1.